The normalized spacial score (nSPS) is 22.6. The molecule has 5 heteroatoms. The van der Waals surface area contributed by atoms with Crippen LogP contribution in [0, 0.1) is 5.92 Å². The van der Waals surface area contributed by atoms with Crippen LogP contribution in [0.15, 0.2) is 12.4 Å². The van der Waals surface area contributed by atoms with Gasteiger partial charge in [-0.2, -0.15) is 0 Å². The Morgan fingerprint density at radius 2 is 2.67 bits per heavy atom. The SMILES string of the molecule is CC(NC(=O)C1CCOC1)c1ncc[nH]1. The Kier molecular flexibility index (Phi) is 3.01. The lowest BCUT2D eigenvalue weighted by Gasteiger charge is -2.14. The largest absolute Gasteiger partial charge is 0.381 e. The fraction of sp³-hybridized carbons (Fsp3) is 0.600. The average molecular weight is 209 g/mol. The van der Waals surface area contributed by atoms with Crippen molar-refractivity contribution in [3.05, 3.63) is 18.2 Å². The molecule has 2 atom stereocenters. The minimum atomic E-state index is -0.0758. The first-order valence-corrected chi connectivity index (χ1v) is 5.15. The Bertz CT molecular complexity index is 317. The first-order valence-electron chi connectivity index (χ1n) is 5.15. The Hall–Kier alpha value is -1.36. The number of carbonyl (C=O) groups is 1. The number of aromatic amines is 1. The molecule has 0 aromatic carbocycles. The molecule has 2 rings (SSSR count). The highest BCUT2D eigenvalue weighted by Gasteiger charge is 2.25. The third kappa shape index (κ3) is 2.36. The number of carbonyl (C=O) groups excluding carboxylic acids is 1. The molecular formula is C10H15N3O2. The lowest BCUT2D eigenvalue weighted by Crippen LogP contribution is -2.33. The van der Waals surface area contributed by atoms with Gasteiger partial charge in [-0.3, -0.25) is 4.79 Å². The van der Waals surface area contributed by atoms with Crippen LogP contribution >= 0.6 is 0 Å². The highest BCUT2D eigenvalue weighted by molar-refractivity contribution is 5.79. The van der Waals surface area contributed by atoms with E-state index in [-0.39, 0.29) is 17.9 Å². The van der Waals surface area contributed by atoms with Crippen molar-refractivity contribution in [1.29, 1.82) is 0 Å². The van der Waals surface area contributed by atoms with Gasteiger partial charge >= 0.3 is 0 Å². The number of nitrogens with zero attached hydrogens (tertiary/aromatic N) is 1. The van der Waals surface area contributed by atoms with Gasteiger partial charge < -0.3 is 15.0 Å². The molecule has 1 aromatic heterocycles. The van der Waals surface area contributed by atoms with Crippen LogP contribution in [0.25, 0.3) is 0 Å². The Labute approximate surface area is 88.2 Å². The predicted molar refractivity (Wildman–Crippen MR) is 54.1 cm³/mol. The zero-order valence-corrected chi connectivity index (χ0v) is 8.69. The molecule has 0 spiro atoms. The number of aromatic nitrogens is 2. The summed E-state index contributed by atoms with van der Waals surface area (Å²) < 4.78 is 5.17. The zero-order valence-electron chi connectivity index (χ0n) is 8.69. The molecule has 1 aromatic rings. The van der Waals surface area contributed by atoms with E-state index in [0.717, 1.165) is 12.2 Å². The molecule has 0 aliphatic carbocycles. The first-order chi connectivity index (χ1) is 7.27. The van der Waals surface area contributed by atoms with E-state index in [0.29, 0.717) is 13.2 Å². The van der Waals surface area contributed by atoms with Gasteiger partial charge in [0.15, 0.2) is 0 Å². The van der Waals surface area contributed by atoms with E-state index in [4.69, 9.17) is 4.74 Å². The second kappa shape index (κ2) is 4.44. The fourth-order valence-corrected chi connectivity index (χ4v) is 1.66. The van der Waals surface area contributed by atoms with Gasteiger partial charge in [0.1, 0.15) is 5.82 Å². The van der Waals surface area contributed by atoms with Crippen molar-refractivity contribution in [2.45, 2.75) is 19.4 Å². The van der Waals surface area contributed by atoms with Gasteiger partial charge in [0.05, 0.1) is 18.6 Å². The lowest BCUT2D eigenvalue weighted by molar-refractivity contribution is -0.125. The van der Waals surface area contributed by atoms with Crippen molar-refractivity contribution in [2.24, 2.45) is 5.92 Å². The minimum absolute atomic E-state index is 0.00223. The van der Waals surface area contributed by atoms with Gasteiger partial charge in [-0.25, -0.2) is 4.98 Å². The van der Waals surface area contributed by atoms with Crippen molar-refractivity contribution in [1.82, 2.24) is 15.3 Å². The lowest BCUT2D eigenvalue weighted by atomic mass is 10.1. The molecule has 5 nitrogen and oxygen atoms in total. The highest BCUT2D eigenvalue weighted by Crippen LogP contribution is 2.14. The molecule has 1 aliphatic heterocycles. The monoisotopic (exact) mass is 209 g/mol. The molecule has 0 saturated carbocycles. The Balaban J connectivity index is 1.88. The summed E-state index contributed by atoms with van der Waals surface area (Å²) in [4.78, 5) is 18.8. The van der Waals surface area contributed by atoms with E-state index < -0.39 is 0 Å². The summed E-state index contributed by atoms with van der Waals surface area (Å²) in [7, 11) is 0. The van der Waals surface area contributed by atoms with Crippen LogP contribution in [-0.4, -0.2) is 29.1 Å². The van der Waals surface area contributed by atoms with Crippen LogP contribution in [-0.2, 0) is 9.53 Å². The number of imidazole rings is 1. The maximum Gasteiger partial charge on any atom is 0.226 e. The van der Waals surface area contributed by atoms with Crippen LogP contribution < -0.4 is 5.32 Å². The summed E-state index contributed by atoms with van der Waals surface area (Å²) in [5.74, 6) is 0.834. The fourth-order valence-electron chi connectivity index (χ4n) is 1.66. The number of hydrogen-bond acceptors (Lipinski definition) is 3. The predicted octanol–water partition coefficient (Wildman–Crippen LogP) is 0.623. The quantitative estimate of drug-likeness (QED) is 0.767. The van der Waals surface area contributed by atoms with E-state index >= 15 is 0 Å². The number of H-pyrrole nitrogens is 1. The third-order valence-corrected chi connectivity index (χ3v) is 2.59. The maximum atomic E-state index is 11.7. The van der Waals surface area contributed by atoms with Crippen LogP contribution in [0.3, 0.4) is 0 Å². The molecule has 1 fully saturated rings. The summed E-state index contributed by atoms with van der Waals surface area (Å²) in [6.07, 6.45) is 4.24. The van der Waals surface area contributed by atoms with Gasteiger partial charge in [0.25, 0.3) is 0 Å². The molecular weight excluding hydrogens is 194 g/mol. The molecule has 2 heterocycles. The summed E-state index contributed by atoms with van der Waals surface area (Å²) >= 11 is 0. The van der Waals surface area contributed by atoms with Gasteiger partial charge in [-0.05, 0) is 13.3 Å². The summed E-state index contributed by atoms with van der Waals surface area (Å²) in [5.41, 5.74) is 0. The molecule has 0 radical (unpaired) electrons. The second-order valence-corrected chi connectivity index (χ2v) is 3.77. The summed E-state index contributed by atoms with van der Waals surface area (Å²) in [6, 6.07) is -0.0758. The first kappa shape index (κ1) is 10.2. The van der Waals surface area contributed by atoms with Gasteiger partial charge in [-0.1, -0.05) is 0 Å². The summed E-state index contributed by atoms with van der Waals surface area (Å²) in [6.45, 7) is 3.14. The molecule has 82 valence electrons. The number of ether oxygens (including phenoxy) is 1. The Morgan fingerprint density at radius 1 is 1.80 bits per heavy atom. The van der Waals surface area contributed by atoms with E-state index in [9.17, 15) is 4.79 Å². The molecule has 1 aliphatic rings. The molecule has 0 bridgehead atoms. The van der Waals surface area contributed by atoms with Crippen LogP contribution in [0.1, 0.15) is 25.2 Å². The maximum absolute atomic E-state index is 11.7. The van der Waals surface area contributed by atoms with Crippen molar-refractivity contribution < 1.29 is 9.53 Å². The van der Waals surface area contributed by atoms with Crippen molar-refractivity contribution in [2.75, 3.05) is 13.2 Å². The van der Waals surface area contributed by atoms with Gasteiger partial charge in [-0.15, -0.1) is 0 Å². The molecule has 15 heavy (non-hydrogen) atoms. The highest BCUT2D eigenvalue weighted by atomic mass is 16.5. The van der Waals surface area contributed by atoms with E-state index in [1.807, 2.05) is 6.92 Å². The molecule has 1 saturated heterocycles. The van der Waals surface area contributed by atoms with Crippen molar-refractivity contribution in [3.8, 4) is 0 Å². The van der Waals surface area contributed by atoms with E-state index in [1.54, 1.807) is 12.4 Å². The minimum Gasteiger partial charge on any atom is -0.381 e. The zero-order chi connectivity index (χ0) is 10.7. The van der Waals surface area contributed by atoms with Crippen molar-refractivity contribution >= 4 is 5.91 Å². The standard InChI is InChI=1S/C10H15N3O2/c1-7(9-11-3-4-12-9)13-10(14)8-2-5-15-6-8/h3-4,7-8H,2,5-6H2,1H3,(H,11,12)(H,13,14). The smallest absolute Gasteiger partial charge is 0.226 e. The Morgan fingerprint density at radius 3 is 3.27 bits per heavy atom. The number of hydrogen-bond donors (Lipinski definition) is 2. The van der Waals surface area contributed by atoms with Crippen LogP contribution in [0.5, 0.6) is 0 Å². The number of rotatable bonds is 3. The third-order valence-electron chi connectivity index (χ3n) is 2.59. The molecule has 2 N–H and O–H groups in total. The number of nitrogens with one attached hydrogen (secondary N) is 2. The summed E-state index contributed by atoms with van der Waals surface area (Å²) in [5, 5.41) is 2.91. The van der Waals surface area contributed by atoms with Gasteiger partial charge in [0, 0.05) is 19.0 Å². The average Bonchev–Trinajstić information content (AvgIpc) is 2.91. The van der Waals surface area contributed by atoms with E-state index in [1.165, 1.54) is 0 Å². The topological polar surface area (TPSA) is 67.0 Å². The van der Waals surface area contributed by atoms with Crippen LogP contribution in [0.4, 0.5) is 0 Å². The number of amides is 1. The molecule has 1 amide bonds. The molecule has 2 unspecified atom stereocenters. The van der Waals surface area contributed by atoms with Crippen LogP contribution in [0.2, 0.25) is 0 Å². The van der Waals surface area contributed by atoms with E-state index in [2.05, 4.69) is 15.3 Å². The van der Waals surface area contributed by atoms with Crippen molar-refractivity contribution in [3.63, 3.8) is 0 Å². The van der Waals surface area contributed by atoms with Gasteiger partial charge in [0.2, 0.25) is 5.91 Å². The second-order valence-electron chi connectivity index (χ2n) is 3.77.